The van der Waals surface area contributed by atoms with Gasteiger partial charge in [-0.2, -0.15) is 0 Å². The van der Waals surface area contributed by atoms with E-state index in [1.807, 2.05) is 0 Å². The highest BCUT2D eigenvalue weighted by atomic mass is 16.6. The fraction of sp³-hybridized carbons (Fsp3) is 0.250. The maximum Gasteiger partial charge on any atom is 0.336 e. The number of rotatable bonds is 4. The van der Waals surface area contributed by atoms with Gasteiger partial charge in [-0.3, -0.25) is 10.1 Å². The summed E-state index contributed by atoms with van der Waals surface area (Å²) in [5.74, 6) is -0.759. The van der Waals surface area contributed by atoms with Gasteiger partial charge in [0.05, 0.1) is 17.6 Å². The molecule has 0 fully saturated rings. The van der Waals surface area contributed by atoms with Gasteiger partial charge in [0.2, 0.25) is 0 Å². The van der Waals surface area contributed by atoms with Crippen LogP contribution in [0, 0.1) is 17.0 Å². The van der Waals surface area contributed by atoms with Gasteiger partial charge in [0.15, 0.2) is 0 Å². The number of carbonyl (C=O) groups excluding carboxylic acids is 1. The van der Waals surface area contributed by atoms with Gasteiger partial charge in [-0.1, -0.05) is 18.7 Å². The minimum atomic E-state index is -1.32. The van der Waals surface area contributed by atoms with E-state index in [0.29, 0.717) is 5.56 Å². The van der Waals surface area contributed by atoms with E-state index in [1.54, 1.807) is 6.92 Å². The molecule has 1 atom stereocenters. The molecule has 6 nitrogen and oxygen atoms in total. The van der Waals surface area contributed by atoms with Crippen molar-refractivity contribution >= 4 is 11.7 Å². The van der Waals surface area contributed by atoms with Crippen LogP contribution in [0.15, 0.2) is 30.4 Å². The molecule has 0 aromatic heterocycles. The second-order valence-corrected chi connectivity index (χ2v) is 3.72. The molecule has 1 N–H and O–H groups in total. The lowest BCUT2D eigenvalue weighted by Crippen LogP contribution is -2.12. The number of aryl methyl sites for hydroxylation is 1. The van der Waals surface area contributed by atoms with Crippen LogP contribution < -0.4 is 0 Å². The quantitative estimate of drug-likeness (QED) is 0.380. The Morgan fingerprint density at radius 3 is 2.67 bits per heavy atom. The molecule has 1 aromatic carbocycles. The number of aliphatic hydroxyl groups excluding tert-OH is 1. The van der Waals surface area contributed by atoms with Gasteiger partial charge in [0.25, 0.3) is 5.69 Å². The van der Waals surface area contributed by atoms with Crippen LogP contribution in [0.2, 0.25) is 0 Å². The maximum absolute atomic E-state index is 11.2. The molecule has 0 spiro atoms. The summed E-state index contributed by atoms with van der Waals surface area (Å²) >= 11 is 0. The summed E-state index contributed by atoms with van der Waals surface area (Å²) in [7, 11) is 1.16. The van der Waals surface area contributed by atoms with E-state index in [9.17, 15) is 20.0 Å². The van der Waals surface area contributed by atoms with Gasteiger partial charge < -0.3 is 9.84 Å². The van der Waals surface area contributed by atoms with Crippen molar-refractivity contribution in [2.75, 3.05) is 7.11 Å². The number of nitro benzene ring substituents is 1. The van der Waals surface area contributed by atoms with Gasteiger partial charge in [0, 0.05) is 11.6 Å². The molecule has 18 heavy (non-hydrogen) atoms. The largest absolute Gasteiger partial charge is 0.466 e. The van der Waals surface area contributed by atoms with Crippen LogP contribution in [0.5, 0.6) is 0 Å². The highest BCUT2D eigenvalue weighted by Gasteiger charge is 2.21. The van der Waals surface area contributed by atoms with E-state index in [4.69, 9.17) is 0 Å². The Morgan fingerprint density at radius 2 is 2.17 bits per heavy atom. The first-order valence-corrected chi connectivity index (χ1v) is 5.08. The van der Waals surface area contributed by atoms with Crippen LogP contribution in [-0.4, -0.2) is 23.1 Å². The standard InChI is InChI=1S/C12H13NO5/c1-7-4-5-9(6-10(7)13(16)17)11(14)8(2)12(15)18-3/h4-6,11,14H,2H2,1,3H3. The number of methoxy groups -OCH3 is 1. The van der Waals surface area contributed by atoms with Crippen LogP contribution in [0.1, 0.15) is 17.2 Å². The lowest BCUT2D eigenvalue weighted by Gasteiger charge is -2.12. The maximum atomic E-state index is 11.2. The lowest BCUT2D eigenvalue weighted by molar-refractivity contribution is -0.385. The number of nitro groups is 1. The predicted octanol–water partition coefficient (Wildman–Crippen LogP) is 1.67. The lowest BCUT2D eigenvalue weighted by atomic mass is 10.0. The van der Waals surface area contributed by atoms with Crippen LogP contribution in [0.4, 0.5) is 5.69 Å². The fourth-order valence-corrected chi connectivity index (χ4v) is 1.44. The molecule has 6 heteroatoms. The predicted molar refractivity (Wildman–Crippen MR) is 63.9 cm³/mol. The summed E-state index contributed by atoms with van der Waals surface area (Å²) in [5, 5.41) is 20.6. The van der Waals surface area contributed by atoms with Crippen molar-refractivity contribution in [2.45, 2.75) is 13.0 Å². The molecular weight excluding hydrogens is 238 g/mol. The van der Waals surface area contributed by atoms with Gasteiger partial charge in [0.1, 0.15) is 6.10 Å². The third-order valence-electron chi connectivity index (χ3n) is 2.52. The molecule has 0 saturated heterocycles. The van der Waals surface area contributed by atoms with E-state index in [-0.39, 0.29) is 16.8 Å². The van der Waals surface area contributed by atoms with Crippen LogP contribution >= 0.6 is 0 Å². The highest BCUT2D eigenvalue weighted by molar-refractivity contribution is 5.89. The van der Waals surface area contributed by atoms with Crippen molar-refractivity contribution in [1.29, 1.82) is 0 Å². The number of aliphatic hydroxyl groups is 1. The van der Waals surface area contributed by atoms with Crippen LogP contribution in [0.3, 0.4) is 0 Å². The Balaban J connectivity index is 3.11. The number of ether oxygens (including phenoxy) is 1. The Labute approximate surface area is 104 Å². The van der Waals surface area contributed by atoms with Crippen molar-refractivity contribution in [3.8, 4) is 0 Å². The van der Waals surface area contributed by atoms with Crippen molar-refractivity contribution < 1.29 is 19.6 Å². The molecule has 0 saturated carbocycles. The summed E-state index contributed by atoms with van der Waals surface area (Å²) in [4.78, 5) is 21.4. The average molecular weight is 251 g/mol. The molecule has 0 heterocycles. The number of nitrogens with zero attached hydrogens (tertiary/aromatic N) is 1. The SMILES string of the molecule is C=C(C(=O)OC)C(O)c1ccc(C)c([N+](=O)[O-])c1. The molecule has 0 radical (unpaired) electrons. The monoisotopic (exact) mass is 251 g/mol. The Hall–Kier alpha value is -2.21. The fourth-order valence-electron chi connectivity index (χ4n) is 1.44. The van der Waals surface area contributed by atoms with Crippen molar-refractivity contribution in [1.82, 2.24) is 0 Å². The smallest absolute Gasteiger partial charge is 0.336 e. The Morgan fingerprint density at radius 1 is 1.56 bits per heavy atom. The number of benzene rings is 1. The first-order chi connectivity index (χ1) is 8.38. The molecule has 0 bridgehead atoms. The van der Waals surface area contributed by atoms with Gasteiger partial charge in [-0.15, -0.1) is 0 Å². The molecular formula is C12H13NO5. The zero-order valence-electron chi connectivity index (χ0n) is 10.0. The molecule has 0 aliphatic heterocycles. The third-order valence-corrected chi connectivity index (χ3v) is 2.52. The molecule has 0 amide bonds. The minimum Gasteiger partial charge on any atom is -0.466 e. The molecule has 96 valence electrons. The van der Waals surface area contributed by atoms with Crippen LogP contribution in [0.25, 0.3) is 0 Å². The van der Waals surface area contributed by atoms with Crippen molar-refractivity contribution in [2.24, 2.45) is 0 Å². The first-order valence-electron chi connectivity index (χ1n) is 5.08. The first kappa shape index (κ1) is 13.9. The molecule has 1 aromatic rings. The van der Waals surface area contributed by atoms with Crippen molar-refractivity contribution in [3.63, 3.8) is 0 Å². The van der Waals surface area contributed by atoms with E-state index in [2.05, 4.69) is 11.3 Å². The van der Waals surface area contributed by atoms with Gasteiger partial charge >= 0.3 is 5.97 Å². The average Bonchev–Trinajstić information content (AvgIpc) is 2.36. The topological polar surface area (TPSA) is 89.7 Å². The summed E-state index contributed by atoms with van der Waals surface area (Å²) in [6, 6.07) is 4.22. The van der Waals surface area contributed by atoms with E-state index < -0.39 is 17.0 Å². The molecule has 1 unspecified atom stereocenters. The minimum absolute atomic E-state index is 0.121. The molecule has 1 rings (SSSR count). The Bertz CT molecular complexity index is 509. The Kier molecular flexibility index (Phi) is 4.17. The number of hydrogen-bond acceptors (Lipinski definition) is 5. The number of carbonyl (C=O) groups is 1. The van der Waals surface area contributed by atoms with E-state index in [0.717, 1.165) is 7.11 Å². The molecule has 0 aliphatic rings. The zero-order chi connectivity index (χ0) is 13.9. The second kappa shape index (κ2) is 5.42. The van der Waals surface area contributed by atoms with Gasteiger partial charge in [-0.25, -0.2) is 4.79 Å². The second-order valence-electron chi connectivity index (χ2n) is 3.72. The summed E-state index contributed by atoms with van der Waals surface area (Å²) in [6.07, 6.45) is -1.32. The van der Waals surface area contributed by atoms with Crippen molar-refractivity contribution in [3.05, 3.63) is 51.6 Å². The summed E-state index contributed by atoms with van der Waals surface area (Å²) < 4.78 is 4.42. The summed E-state index contributed by atoms with van der Waals surface area (Å²) in [6.45, 7) is 4.99. The molecule has 0 aliphatic carbocycles. The summed E-state index contributed by atoms with van der Waals surface area (Å²) in [5.41, 5.74) is 0.405. The van der Waals surface area contributed by atoms with Crippen LogP contribution in [-0.2, 0) is 9.53 Å². The normalized spacial score (nSPS) is 11.7. The number of hydrogen-bond donors (Lipinski definition) is 1. The van der Waals surface area contributed by atoms with Gasteiger partial charge in [-0.05, 0) is 12.5 Å². The zero-order valence-corrected chi connectivity index (χ0v) is 10.0. The highest BCUT2D eigenvalue weighted by Crippen LogP contribution is 2.27. The number of esters is 1. The van der Waals surface area contributed by atoms with E-state index >= 15 is 0 Å². The third kappa shape index (κ3) is 2.72. The van der Waals surface area contributed by atoms with E-state index in [1.165, 1.54) is 18.2 Å².